The highest BCUT2D eigenvalue weighted by atomic mass is 79.9. The quantitative estimate of drug-likeness (QED) is 0.455. The molecule has 0 saturated heterocycles. The smallest absolute Gasteiger partial charge is 0.227 e. The van der Waals surface area contributed by atoms with Gasteiger partial charge >= 0.3 is 0 Å². The van der Waals surface area contributed by atoms with Crippen LogP contribution in [-0.2, 0) is 11.3 Å². The molecule has 2 saturated carbocycles. The predicted molar refractivity (Wildman–Crippen MR) is 123 cm³/mol. The van der Waals surface area contributed by atoms with Gasteiger partial charge in [0.25, 0.3) is 0 Å². The lowest BCUT2D eigenvalue weighted by molar-refractivity contribution is -0.120. The number of nitrogens with one attached hydrogen (secondary N) is 1. The number of hydrogen-bond acceptors (Lipinski definition) is 2. The van der Waals surface area contributed by atoms with Gasteiger partial charge in [0.1, 0.15) is 0 Å². The highest BCUT2D eigenvalue weighted by Gasteiger charge is 2.24. The third kappa shape index (κ3) is 6.45. The number of nitrogens with zero attached hydrogens (tertiary/aromatic N) is 1. The molecule has 1 aromatic rings. The van der Waals surface area contributed by atoms with Crippen LogP contribution in [-0.4, -0.2) is 23.9 Å². The molecule has 1 N–H and O–H groups in total. The first-order chi connectivity index (χ1) is 12.5. The van der Waals surface area contributed by atoms with Crippen molar-refractivity contribution in [3.63, 3.8) is 0 Å². The van der Waals surface area contributed by atoms with Crippen molar-refractivity contribution in [1.82, 2.24) is 4.90 Å². The molecular formula is C21H31Br2ClN2O. The fourth-order valence-corrected chi connectivity index (χ4v) is 5.81. The molecule has 152 valence electrons. The van der Waals surface area contributed by atoms with Gasteiger partial charge in [0.15, 0.2) is 0 Å². The van der Waals surface area contributed by atoms with Crippen molar-refractivity contribution in [2.24, 2.45) is 5.92 Å². The number of carbonyl (C=O) groups is 1. The van der Waals surface area contributed by atoms with Crippen molar-refractivity contribution in [3.8, 4) is 0 Å². The molecule has 2 fully saturated rings. The third-order valence-electron chi connectivity index (χ3n) is 5.98. The first kappa shape index (κ1) is 23.2. The number of halogens is 3. The third-order valence-corrected chi connectivity index (χ3v) is 7.06. The van der Waals surface area contributed by atoms with E-state index in [1.54, 1.807) is 0 Å². The second-order valence-electron chi connectivity index (χ2n) is 7.95. The van der Waals surface area contributed by atoms with Gasteiger partial charge in [-0.2, -0.15) is 0 Å². The van der Waals surface area contributed by atoms with Crippen LogP contribution in [0.25, 0.3) is 0 Å². The largest absolute Gasteiger partial charge is 0.325 e. The van der Waals surface area contributed by atoms with Gasteiger partial charge in [0, 0.05) is 27.4 Å². The van der Waals surface area contributed by atoms with Crippen LogP contribution >= 0.6 is 44.3 Å². The lowest BCUT2D eigenvalue weighted by Gasteiger charge is -2.32. The molecule has 0 unspecified atom stereocenters. The van der Waals surface area contributed by atoms with Crippen LogP contribution in [0, 0.1) is 5.92 Å². The molecule has 0 spiro atoms. The Kier molecular flexibility index (Phi) is 9.60. The monoisotopic (exact) mass is 520 g/mol. The van der Waals surface area contributed by atoms with Crippen molar-refractivity contribution < 1.29 is 4.79 Å². The SMILES string of the molecule is CN(Cc1cc(Br)cc(Br)c1NC(=O)C1CCCCC1)C1CCCCC1.Cl. The molecule has 6 heteroatoms. The minimum Gasteiger partial charge on any atom is -0.325 e. The number of rotatable bonds is 5. The fourth-order valence-electron chi connectivity index (χ4n) is 4.40. The lowest BCUT2D eigenvalue weighted by atomic mass is 9.88. The molecule has 27 heavy (non-hydrogen) atoms. The molecule has 0 atom stereocenters. The van der Waals surface area contributed by atoms with Gasteiger partial charge in [-0.1, -0.05) is 54.5 Å². The Morgan fingerprint density at radius 2 is 1.63 bits per heavy atom. The summed E-state index contributed by atoms with van der Waals surface area (Å²) in [6.45, 7) is 0.864. The Balaban J connectivity index is 0.00000261. The molecule has 3 rings (SSSR count). The molecule has 3 nitrogen and oxygen atoms in total. The van der Waals surface area contributed by atoms with Crippen molar-refractivity contribution in [3.05, 3.63) is 26.6 Å². The number of benzene rings is 1. The Labute approximate surface area is 186 Å². The second-order valence-corrected chi connectivity index (χ2v) is 9.72. The maximum atomic E-state index is 12.8. The van der Waals surface area contributed by atoms with Crippen LogP contribution in [0.1, 0.15) is 69.8 Å². The molecule has 2 aliphatic rings. The van der Waals surface area contributed by atoms with E-state index in [1.165, 1.54) is 56.9 Å². The first-order valence-electron chi connectivity index (χ1n) is 10.0. The summed E-state index contributed by atoms with van der Waals surface area (Å²) < 4.78 is 2.01. The lowest BCUT2D eigenvalue weighted by Crippen LogP contribution is -2.33. The van der Waals surface area contributed by atoms with E-state index in [1.807, 2.05) is 6.07 Å². The zero-order valence-electron chi connectivity index (χ0n) is 16.1. The Morgan fingerprint density at radius 3 is 2.26 bits per heavy atom. The fraction of sp³-hybridized carbons (Fsp3) is 0.667. The molecule has 1 aromatic carbocycles. The summed E-state index contributed by atoms with van der Waals surface area (Å²) in [7, 11) is 2.22. The van der Waals surface area contributed by atoms with E-state index in [-0.39, 0.29) is 24.2 Å². The standard InChI is InChI=1S/C21H30Br2N2O.ClH/c1-25(18-10-6-3-7-11-18)14-16-12-17(22)13-19(23)20(16)24-21(26)15-8-4-2-5-9-15;/h12-13,15,18H,2-11,14H2,1H3,(H,24,26);1H. The number of hydrogen-bond donors (Lipinski definition) is 1. The Morgan fingerprint density at radius 1 is 1.04 bits per heavy atom. The van der Waals surface area contributed by atoms with Gasteiger partial charge in [0.05, 0.1) is 5.69 Å². The summed E-state index contributed by atoms with van der Waals surface area (Å²) >= 11 is 7.29. The van der Waals surface area contributed by atoms with Gasteiger partial charge in [-0.15, -0.1) is 12.4 Å². The summed E-state index contributed by atoms with van der Waals surface area (Å²) in [4.78, 5) is 15.2. The second kappa shape index (κ2) is 11.2. The topological polar surface area (TPSA) is 32.3 Å². The Bertz CT molecular complexity index is 629. The van der Waals surface area contributed by atoms with Crippen LogP contribution in [0.3, 0.4) is 0 Å². The van der Waals surface area contributed by atoms with Crippen molar-refractivity contribution in [2.45, 2.75) is 76.8 Å². The van der Waals surface area contributed by atoms with Crippen molar-refractivity contribution in [1.29, 1.82) is 0 Å². The molecule has 0 bridgehead atoms. The first-order valence-corrected chi connectivity index (χ1v) is 11.6. The number of amides is 1. The van der Waals surface area contributed by atoms with Gasteiger partial charge in [-0.25, -0.2) is 0 Å². The summed E-state index contributed by atoms with van der Waals surface area (Å²) in [5, 5.41) is 3.25. The molecule has 0 aromatic heterocycles. The number of anilines is 1. The summed E-state index contributed by atoms with van der Waals surface area (Å²) in [5.74, 6) is 0.359. The summed E-state index contributed by atoms with van der Waals surface area (Å²) in [6, 6.07) is 4.84. The van der Waals surface area contributed by atoms with Crippen LogP contribution < -0.4 is 5.32 Å². The van der Waals surface area contributed by atoms with Gasteiger partial charge < -0.3 is 5.32 Å². The van der Waals surface area contributed by atoms with Gasteiger partial charge in [-0.3, -0.25) is 9.69 Å². The summed E-state index contributed by atoms with van der Waals surface area (Å²) in [5.41, 5.74) is 2.13. The molecule has 2 aliphatic carbocycles. The van der Waals surface area contributed by atoms with E-state index < -0.39 is 0 Å². The summed E-state index contributed by atoms with van der Waals surface area (Å²) in [6.07, 6.45) is 12.3. The van der Waals surface area contributed by atoms with E-state index in [0.29, 0.717) is 6.04 Å². The maximum absolute atomic E-state index is 12.8. The number of carbonyl (C=O) groups excluding carboxylic acids is 1. The van der Waals surface area contributed by atoms with Crippen molar-refractivity contribution in [2.75, 3.05) is 12.4 Å². The van der Waals surface area contributed by atoms with E-state index in [4.69, 9.17) is 0 Å². The minimum absolute atomic E-state index is 0. The average molecular weight is 523 g/mol. The highest BCUT2D eigenvalue weighted by Crippen LogP contribution is 2.34. The predicted octanol–water partition coefficient (Wildman–Crippen LogP) is 6.92. The average Bonchev–Trinajstić information content (AvgIpc) is 2.65. The van der Waals surface area contributed by atoms with E-state index >= 15 is 0 Å². The molecule has 1 amide bonds. The maximum Gasteiger partial charge on any atom is 0.227 e. The Hall–Kier alpha value is -0.100. The van der Waals surface area contributed by atoms with E-state index in [0.717, 1.165) is 34.0 Å². The van der Waals surface area contributed by atoms with E-state index in [9.17, 15) is 4.79 Å². The highest BCUT2D eigenvalue weighted by molar-refractivity contribution is 9.11. The van der Waals surface area contributed by atoms with Crippen LogP contribution in [0.2, 0.25) is 0 Å². The molecular weight excluding hydrogens is 492 g/mol. The molecule has 0 radical (unpaired) electrons. The normalized spacial score (nSPS) is 19.0. The zero-order valence-corrected chi connectivity index (χ0v) is 20.1. The van der Waals surface area contributed by atoms with Gasteiger partial charge in [-0.05, 0) is 66.4 Å². The van der Waals surface area contributed by atoms with Crippen LogP contribution in [0.5, 0.6) is 0 Å². The van der Waals surface area contributed by atoms with E-state index in [2.05, 4.69) is 55.2 Å². The van der Waals surface area contributed by atoms with Gasteiger partial charge in [0.2, 0.25) is 5.91 Å². The minimum atomic E-state index is 0. The molecule has 0 heterocycles. The van der Waals surface area contributed by atoms with Crippen molar-refractivity contribution >= 4 is 55.9 Å². The van der Waals surface area contributed by atoms with Crippen LogP contribution in [0.15, 0.2) is 21.1 Å². The zero-order chi connectivity index (χ0) is 18.5. The van der Waals surface area contributed by atoms with Crippen LogP contribution in [0.4, 0.5) is 5.69 Å². The molecule has 0 aliphatic heterocycles.